The normalized spacial score (nSPS) is 12.2. The summed E-state index contributed by atoms with van der Waals surface area (Å²) in [6, 6.07) is 68.6. The van der Waals surface area contributed by atoms with Gasteiger partial charge in [-0.1, -0.05) is 152 Å². The number of nitrogens with zero attached hydrogens (tertiary/aromatic N) is 1. The molecule has 1 nitrogen and oxygen atoms in total. The van der Waals surface area contributed by atoms with Crippen molar-refractivity contribution in [3.63, 3.8) is 0 Å². The first-order valence-electron chi connectivity index (χ1n) is 18.7. The number of fused-ring (bicyclic) bond motifs is 4. The molecular formula is C52H37NS. The molecule has 1 aliphatic rings. The number of allylic oxidation sites excluding steroid dienone is 1. The topological polar surface area (TPSA) is 3.24 Å². The molecular weight excluding hydrogens is 671 g/mol. The van der Waals surface area contributed by atoms with Crippen LogP contribution < -0.4 is 4.90 Å². The van der Waals surface area contributed by atoms with Gasteiger partial charge in [0.2, 0.25) is 0 Å². The maximum atomic E-state index is 2.46. The number of thiophene rings is 1. The van der Waals surface area contributed by atoms with Crippen molar-refractivity contribution in [1.29, 1.82) is 0 Å². The van der Waals surface area contributed by atoms with Crippen LogP contribution in [0.4, 0.5) is 17.1 Å². The molecule has 0 amide bonds. The molecule has 10 rings (SSSR count). The van der Waals surface area contributed by atoms with Gasteiger partial charge < -0.3 is 4.90 Å². The molecule has 1 aromatic heterocycles. The second-order valence-electron chi connectivity index (χ2n) is 14.0. The lowest BCUT2D eigenvalue weighted by atomic mass is 9.89. The van der Waals surface area contributed by atoms with Gasteiger partial charge in [0.25, 0.3) is 0 Å². The van der Waals surface area contributed by atoms with Crippen LogP contribution in [-0.4, -0.2) is 0 Å². The summed E-state index contributed by atoms with van der Waals surface area (Å²) in [6.45, 7) is 0. The maximum Gasteiger partial charge on any atom is 0.0462 e. The Kier molecular flexibility index (Phi) is 8.24. The smallest absolute Gasteiger partial charge is 0.0462 e. The molecule has 9 aromatic rings. The predicted molar refractivity (Wildman–Crippen MR) is 233 cm³/mol. The highest BCUT2D eigenvalue weighted by Gasteiger charge is 2.19. The fraction of sp³-hybridized carbons (Fsp3) is 0.0385. The van der Waals surface area contributed by atoms with E-state index in [2.05, 4.69) is 205 Å². The molecule has 2 heteroatoms. The highest BCUT2D eigenvalue weighted by atomic mass is 32.1. The molecule has 1 aliphatic carbocycles. The monoisotopic (exact) mass is 707 g/mol. The quantitative estimate of drug-likeness (QED) is 0.159. The molecule has 0 radical (unpaired) electrons. The van der Waals surface area contributed by atoms with Crippen molar-refractivity contribution < 1.29 is 0 Å². The van der Waals surface area contributed by atoms with Crippen molar-refractivity contribution in [3.8, 4) is 44.5 Å². The van der Waals surface area contributed by atoms with Gasteiger partial charge in [0, 0.05) is 32.0 Å². The van der Waals surface area contributed by atoms with E-state index in [9.17, 15) is 0 Å². The summed E-state index contributed by atoms with van der Waals surface area (Å²) in [5.74, 6) is 0. The molecule has 0 spiro atoms. The van der Waals surface area contributed by atoms with Crippen molar-refractivity contribution in [3.05, 3.63) is 205 Å². The Morgan fingerprint density at radius 3 is 1.57 bits per heavy atom. The molecule has 0 atom stereocenters. The van der Waals surface area contributed by atoms with Crippen LogP contribution in [0.1, 0.15) is 16.9 Å². The summed E-state index contributed by atoms with van der Waals surface area (Å²) in [4.78, 5) is 3.86. The number of benzene rings is 8. The zero-order valence-corrected chi connectivity index (χ0v) is 30.6. The number of anilines is 3. The Morgan fingerprint density at radius 2 is 0.944 bits per heavy atom. The first-order chi connectivity index (χ1) is 26.8. The average molecular weight is 708 g/mol. The van der Waals surface area contributed by atoms with Crippen molar-refractivity contribution in [2.75, 3.05) is 4.90 Å². The van der Waals surface area contributed by atoms with E-state index in [0.29, 0.717) is 0 Å². The van der Waals surface area contributed by atoms with Gasteiger partial charge in [-0.15, -0.1) is 11.3 Å². The molecule has 54 heavy (non-hydrogen) atoms. The molecule has 8 aromatic carbocycles. The van der Waals surface area contributed by atoms with E-state index in [1.165, 1.54) is 75.8 Å². The second-order valence-corrected chi connectivity index (χ2v) is 15.1. The van der Waals surface area contributed by atoms with Gasteiger partial charge >= 0.3 is 0 Å². The molecule has 0 bridgehead atoms. The average Bonchev–Trinajstić information content (AvgIpc) is 3.62. The second kappa shape index (κ2) is 13.8. The van der Waals surface area contributed by atoms with Crippen LogP contribution in [-0.2, 0) is 6.42 Å². The zero-order chi connectivity index (χ0) is 35.8. The summed E-state index contributed by atoms with van der Waals surface area (Å²) in [6.07, 6.45) is 6.90. The van der Waals surface area contributed by atoms with E-state index in [0.717, 1.165) is 29.9 Å². The SMILES string of the molecule is C1=Cc2c(sc3cc(-c4ccc(N(c5ccc(-c6ccccc6)cc5)c5ccc(-c6ccccc6)cc5)cc4)c(-c4cccc5ccccc45)cc23)CC1. The molecule has 256 valence electrons. The van der Waals surface area contributed by atoms with Gasteiger partial charge in [-0.3, -0.25) is 0 Å². The van der Waals surface area contributed by atoms with E-state index in [1.54, 1.807) is 0 Å². The van der Waals surface area contributed by atoms with Crippen LogP contribution in [0, 0.1) is 0 Å². The Labute approximate surface area is 320 Å². The molecule has 1 heterocycles. The third kappa shape index (κ3) is 5.91. The van der Waals surface area contributed by atoms with Crippen LogP contribution >= 0.6 is 11.3 Å². The Hall–Kier alpha value is -6.48. The summed E-state index contributed by atoms with van der Waals surface area (Å²) in [5.41, 5.74) is 14.6. The number of rotatable bonds is 7. The zero-order valence-electron chi connectivity index (χ0n) is 29.8. The van der Waals surface area contributed by atoms with Crippen LogP contribution in [0.15, 0.2) is 194 Å². The lowest BCUT2D eigenvalue weighted by Gasteiger charge is -2.26. The van der Waals surface area contributed by atoms with Gasteiger partial charge in [-0.25, -0.2) is 0 Å². The Morgan fingerprint density at radius 1 is 0.407 bits per heavy atom. The van der Waals surface area contributed by atoms with Crippen LogP contribution in [0.25, 0.3) is 71.4 Å². The summed E-state index contributed by atoms with van der Waals surface area (Å²) in [5, 5.41) is 3.90. The highest BCUT2D eigenvalue weighted by Crippen LogP contribution is 2.45. The molecule has 0 aliphatic heterocycles. The number of hydrogen-bond donors (Lipinski definition) is 0. The van der Waals surface area contributed by atoms with Gasteiger partial charge in [0.15, 0.2) is 0 Å². The first kappa shape index (κ1) is 32.2. The van der Waals surface area contributed by atoms with Crippen LogP contribution in [0.2, 0.25) is 0 Å². The first-order valence-corrected chi connectivity index (χ1v) is 19.5. The molecule has 0 unspecified atom stereocenters. The molecule has 0 fully saturated rings. The van der Waals surface area contributed by atoms with E-state index in [-0.39, 0.29) is 0 Å². The van der Waals surface area contributed by atoms with E-state index in [4.69, 9.17) is 0 Å². The van der Waals surface area contributed by atoms with Crippen molar-refractivity contribution in [1.82, 2.24) is 0 Å². The Bertz CT molecular complexity index is 2690. The fourth-order valence-corrected chi connectivity index (χ4v) is 9.25. The lowest BCUT2D eigenvalue weighted by Crippen LogP contribution is -2.09. The van der Waals surface area contributed by atoms with Crippen LogP contribution in [0.5, 0.6) is 0 Å². The maximum absolute atomic E-state index is 2.46. The lowest BCUT2D eigenvalue weighted by molar-refractivity contribution is 1.02. The third-order valence-corrected chi connectivity index (χ3v) is 12.0. The third-order valence-electron chi connectivity index (χ3n) is 10.7. The van der Waals surface area contributed by atoms with Crippen molar-refractivity contribution in [2.45, 2.75) is 12.8 Å². The predicted octanol–water partition coefficient (Wildman–Crippen LogP) is 15.2. The van der Waals surface area contributed by atoms with Gasteiger partial charge in [-0.05, 0) is 122 Å². The Balaban J connectivity index is 1.09. The largest absolute Gasteiger partial charge is 0.311 e. The molecule has 0 N–H and O–H groups in total. The highest BCUT2D eigenvalue weighted by molar-refractivity contribution is 7.19. The minimum absolute atomic E-state index is 1.11. The van der Waals surface area contributed by atoms with Gasteiger partial charge in [0.05, 0.1) is 0 Å². The minimum atomic E-state index is 1.11. The van der Waals surface area contributed by atoms with E-state index in [1.807, 2.05) is 11.3 Å². The number of hydrogen-bond acceptors (Lipinski definition) is 2. The summed E-state index contributed by atoms with van der Waals surface area (Å²) < 4.78 is 1.35. The molecule has 0 saturated carbocycles. The van der Waals surface area contributed by atoms with Crippen LogP contribution in [0.3, 0.4) is 0 Å². The standard InChI is InChI=1S/C52H37NS/c1-3-12-36(13-4-1)38-22-28-42(29-23-38)53(43-30-24-39(25-31-43)37-14-5-2-6-15-37)44-32-26-41(27-33-44)48-35-52-50(47-19-9-10-21-51(47)54-52)34-49(48)46-20-11-17-40-16-7-8-18-45(40)46/h1-9,11-20,22-35H,10,21H2. The van der Waals surface area contributed by atoms with E-state index >= 15 is 0 Å². The van der Waals surface area contributed by atoms with Gasteiger partial charge in [-0.2, -0.15) is 0 Å². The number of aryl methyl sites for hydroxylation is 1. The summed E-state index contributed by atoms with van der Waals surface area (Å²) >= 11 is 1.96. The fourth-order valence-electron chi connectivity index (χ4n) is 8.02. The summed E-state index contributed by atoms with van der Waals surface area (Å²) in [7, 11) is 0. The van der Waals surface area contributed by atoms with Gasteiger partial charge in [0.1, 0.15) is 0 Å². The van der Waals surface area contributed by atoms with Crippen molar-refractivity contribution in [2.24, 2.45) is 0 Å². The minimum Gasteiger partial charge on any atom is -0.311 e. The van der Waals surface area contributed by atoms with Crippen molar-refractivity contribution >= 4 is 55.3 Å². The molecule has 0 saturated heterocycles. The van der Waals surface area contributed by atoms with E-state index < -0.39 is 0 Å².